The molecule has 0 spiro atoms. The van der Waals surface area contributed by atoms with E-state index in [4.69, 9.17) is 9.79 Å². The minimum absolute atomic E-state index is 0. The molecule has 0 radical (unpaired) electrons. The van der Waals surface area contributed by atoms with Gasteiger partial charge in [-0.05, 0) is 24.3 Å². The molecule has 1 unspecified atom stereocenters. The molecule has 0 amide bonds. The fraction of sp³-hybridized carbons (Fsp3) is 0.250. The van der Waals surface area contributed by atoms with E-state index in [9.17, 15) is 27.2 Å². The predicted octanol–water partition coefficient (Wildman–Crippen LogP) is -0.209. The van der Waals surface area contributed by atoms with Crippen LogP contribution in [0.5, 0.6) is 0 Å². The number of halogens is 3. The topological polar surface area (TPSA) is 94.8 Å². The Morgan fingerprint density at radius 3 is 1.57 bits per heavy atom. The SMILES string of the molecule is O=P(O)(O)CP(=O)(O)c1ccc(C(F)(F)F)cc1.[NaH].[NaH].[NaH]. The van der Waals surface area contributed by atoms with Crippen molar-refractivity contribution in [1.29, 1.82) is 0 Å². The summed E-state index contributed by atoms with van der Waals surface area (Å²) in [6.07, 6.45) is -4.58. The van der Waals surface area contributed by atoms with Gasteiger partial charge in [-0.15, -0.1) is 0 Å². The molecular weight excluding hydrogens is 364 g/mol. The zero-order valence-corrected chi connectivity index (χ0v) is 10.5. The van der Waals surface area contributed by atoms with E-state index in [1.807, 2.05) is 0 Å². The molecule has 0 saturated heterocycles. The third-order valence-corrected chi connectivity index (χ3v) is 6.09. The van der Waals surface area contributed by atoms with Crippen LogP contribution in [0.1, 0.15) is 5.56 Å². The number of hydrogen-bond donors (Lipinski definition) is 3. The summed E-state index contributed by atoms with van der Waals surface area (Å²) in [5.41, 5.74) is -1.01. The van der Waals surface area contributed by atoms with Crippen molar-refractivity contribution in [2.75, 3.05) is 5.90 Å². The Morgan fingerprint density at radius 2 is 1.29 bits per heavy atom. The molecule has 1 atom stereocenters. The van der Waals surface area contributed by atoms with Crippen molar-refractivity contribution in [3.8, 4) is 0 Å². The van der Waals surface area contributed by atoms with Crippen molar-refractivity contribution in [3.63, 3.8) is 0 Å². The van der Waals surface area contributed by atoms with Gasteiger partial charge in [0.05, 0.1) is 5.56 Å². The minimum atomic E-state index is -4.73. The van der Waals surface area contributed by atoms with E-state index in [1.165, 1.54) is 0 Å². The van der Waals surface area contributed by atoms with Crippen LogP contribution in [-0.2, 0) is 15.3 Å². The summed E-state index contributed by atoms with van der Waals surface area (Å²) in [6, 6.07) is 2.63. The third-order valence-electron chi connectivity index (χ3n) is 1.97. The monoisotopic (exact) mass is 376 g/mol. The van der Waals surface area contributed by atoms with Gasteiger partial charge in [0.1, 0.15) is 5.90 Å². The number of rotatable bonds is 3. The van der Waals surface area contributed by atoms with Gasteiger partial charge in [-0.1, -0.05) is 0 Å². The van der Waals surface area contributed by atoms with Gasteiger partial charge in [0.25, 0.3) is 0 Å². The zero-order chi connectivity index (χ0) is 14.2. The van der Waals surface area contributed by atoms with Gasteiger partial charge < -0.3 is 14.7 Å². The maximum atomic E-state index is 12.2. The van der Waals surface area contributed by atoms with Crippen LogP contribution in [0.25, 0.3) is 0 Å². The molecular formula is C8H12F3Na3O5P2. The molecule has 5 nitrogen and oxygen atoms in total. The molecule has 1 rings (SSSR count). The molecule has 1 aromatic rings. The molecule has 0 aliphatic carbocycles. The maximum absolute atomic E-state index is 12.2. The van der Waals surface area contributed by atoms with Crippen LogP contribution < -0.4 is 5.30 Å². The molecule has 0 saturated carbocycles. The normalized spacial score (nSPS) is 14.0. The fourth-order valence-corrected chi connectivity index (χ4v) is 4.48. The Balaban J connectivity index is -0.00000108. The van der Waals surface area contributed by atoms with Crippen LogP contribution in [-0.4, -0.2) is 109 Å². The van der Waals surface area contributed by atoms with E-state index in [0.29, 0.717) is 12.1 Å². The van der Waals surface area contributed by atoms with Crippen LogP contribution in [0, 0.1) is 0 Å². The first kappa shape index (κ1) is 28.2. The van der Waals surface area contributed by atoms with Crippen molar-refractivity contribution < 1.29 is 37.0 Å². The average Bonchev–Trinajstić information content (AvgIpc) is 2.13. The fourth-order valence-electron chi connectivity index (χ4n) is 1.21. The summed E-state index contributed by atoms with van der Waals surface area (Å²) in [5, 5.41) is -0.432. The van der Waals surface area contributed by atoms with E-state index in [0.717, 1.165) is 12.1 Å². The van der Waals surface area contributed by atoms with Crippen LogP contribution in [0.2, 0.25) is 0 Å². The standard InChI is InChI=1S/C8H9F3O5P2.3Na.3H/c9-8(10,11)6-1-3-7(4-2-6)17(12,13)5-18(14,15)16;;;;;;/h1-4H,5H2,(H,12,13)(H2,14,15,16);;;;;;. The molecule has 0 aromatic heterocycles. The van der Waals surface area contributed by atoms with E-state index in [2.05, 4.69) is 0 Å². The van der Waals surface area contributed by atoms with Gasteiger partial charge in [-0.25, -0.2) is 0 Å². The van der Waals surface area contributed by atoms with E-state index < -0.39 is 37.9 Å². The summed E-state index contributed by atoms with van der Waals surface area (Å²) < 4.78 is 58.9. The molecule has 0 bridgehead atoms. The predicted molar refractivity (Wildman–Crippen MR) is 79.3 cm³/mol. The Bertz CT molecular complexity index is 531. The van der Waals surface area contributed by atoms with Crippen molar-refractivity contribution in [3.05, 3.63) is 29.8 Å². The van der Waals surface area contributed by atoms with Crippen LogP contribution in [0.4, 0.5) is 13.2 Å². The molecule has 0 aliphatic heterocycles. The van der Waals surface area contributed by atoms with Gasteiger partial charge in [-0.2, -0.15) is 13.2 Å². The number of alkyl halides is 3. The second-order valence-electron chi connectivity index (χ2n) is 3.55. The van der Waals surface area contributed by atoms with Crippen LogP contribution in [0.3, 0.4) is 0 Å². The first-order valence-electron chi connectivity index (χ1n) is 4.46. The summed E-state index contributed by atoms with van der Waals surface area (Å²) in [4.78, 5) is 26.6. The molecule has 3 N–H and O–H groups in total. The van der Waals surface area contributed by atoms with Crippen LogP contribution >= 0.6 is 15.0 Å². The van der Waals surface area contributed by atoms with Crippen molar-refractivity contribution >= 4 is 109 Å². The van der Waals surface area contributed by atoms with E-state index in [1.54, 1.807) is 0 Å². The first-order chi connectivity index (χ1) is 7.92. The summed E-state index contributed by atoms with van der Waals surface area (Å²) in [7, 11) is -9.10. The molecule has 0 aliphatic rings. The average molecular weight is 376 g/mol. The molecule has 108 valence electrons. The Labute approximate surface area is 185 Å². The third kappa shape index (κ3) is 10.0. The zero-order valence-electron chi connectivity index (χ0n) is 8.70. The number of hydrogen-bond acceptors (Lipinski definition) is 2. The Kier molecular flexibility index (Phi) is 13.9. The molecule has 0 fully saturated rings. The summed E-state index contributed by atoms with van der Waals surface area (Å²) in [6.45, 7) is 0. The molecule has 1 aromatic carbocycles. The van der Waals surface area contributed by atoms with E-state index in [-0.39, 0.29) is 88.7 Å². The van der Waals surface area contributed by atoms with Crippen molar-refractivity contribution in [2.24, 2.45) is 0 Å². The molecule has 21 heavy (non-hydrogen) atoms. The molecule has 0 heterocycles. The van der Waals surface area contributed by atoms with Gasteiger partial charge in [0.2, 0.25) is 7.37 Å². The first-order valence-corrected chi connectivity index (χ1v) is 8.10. The Morgan fingerprint density at radius 1 is 0.905 bits per heavy atom. The van der Waals surface area contributed by atoms with Gasteiger partial charge in [0, 0.05) is 5.30 Å². The van der Waals surface area contributed by atoms with Gasteiger partial charge in [0.15, 0.2) is 0 Å². The van der Waals surface area contributed by atoms with Crippen molar-refractivity contribution in [2.45, 2.75) is 6.18 Å². The van der Waals surface area contributed by atoms with Gasteiger partial charge in [-0.3, -0.25) is 9.13 Å². The van der Waals surface area contributed by atoms with Gasteiger partial charge >= 0.3 is 102 Å². The van der Waals surface area contributed by atoms with E-state index >= 15 is 0 Å². The summed E-state index contributed by atoms with van der Waals surface area (Å²) in [5.74, 6) is -1.30. The second-order valence-corrected chi connectivity index (χ2v) is 7.93. The van der Waals surface area contributed by atoms with Crippen LogP contribution in [0.15, 0.2) is 24.3 Å². The van der Waals surface area contributed by atoms with Crippen molar-refractivity contribution in [1.82, 2.24) is 0 Å². The quantitative estimate of drug-likeness (QED) is 0.502. The molecule has 13 heteroatoms. The second kappa shape index (κ2) is 10.4. The number of benzene rings is 1. The summed E-state index contributed by atoms with van der Waals surface area (Å²) >= 11 is 0. The Hall–Kier alpha value is 2.35.